The summed E-state index contributed by atoms with van der Waals surface area (Å²) in [7, 11) is 0. The van der Waals surface area contributed by atoms with E-state index in [1.54, 1.807) is 0 Å². The van der Waals surface area contributed by atoms with Crippen LogP contribution in [0.15, 0.2) is 40.9 Å². The molecule has 2 nitrogen and oxygen atoms in total. The summed E-state index contributed by atoms with van der Waals surface area (Å²) in [5.74, 6) is 1.62. The molecule has 0 N–H and O–H groups in total. The zero-order valence-electron chi connectivity index (χ0n) is 11.7. The van der Waals surface area contributed by atoms with Gasteiger partial charge in [-0.05, 0) is 35.2 Å². The second-order valence-corrected chi connectivity index (χ2v) is 6.70. The van der Waals surface area contributed by atoms with Crippen LogP contribution in [0.2, 0.25) is 0 Å². The first-order valence-corrected chi connectivity index (χ1v) is 8.72. The highest BCUT2D eigenvalue weighted by atomic mass is 79.9. The summed E-state index contributed by atoms with van der Waals surface area (Å²) in [6.07, 6.45) is 1.01. The fourth-order valence-electron chi connectivity index (χ4n) is 2.54. The zero-order valence-corrected chi connectivity index (χ0v) is 14.9. The van der Waals surface area contributed by atoms with Crippen molar-refractivity contribution in [3.63, 3.8) is 0 Å². The molecule has 0 amide bonds. The van der Waals surface area contributed by atoms with E-state index in [2.05, 4.69) is 69.1 Å². The quantitative estimate of drug-likeness (QED) is 0.640. The summed E-state index contributed by atoms with van der Waals surface area (Å²) in [5.41, 5.74) is 3.79. The number of ether oxygens (including phenoxy) is 2. The first-order chi connectivity index (χ1) is 10.2. The van der Waals surface area contributed by atoms with E-state index in [-0.39, 0.29) is 4.83 Å². The average molecular weight is 412 g/mol. The molecule has 4 heteroatoms. The molecule has 0 fully saturated rings. The molecule has 1 unspecified atom stereocenters. The summed E-state index contributed by atoms with van der Waals surface area (Å²) in [6.45, 7) is 3.39. The lowest BCUT2D eigenvalue weighted by Crippen LogP contribution is -2.15. The van der Waals surface area contributed by atoms with Gasteiger partial charge in [0.1, 0.15) is 13.2 Å². The van der Waals surface area contributed by atoms with Gasteiger partial charge < -0.3 is 9.47 Å². The van der Waals surface area contributed by atoms with Crippen molar-refractivity contribution in [2.45, 2.75) is 18.2 Å². The Morgan fingerprint density at radius 3 is 2.43 bits per heavy atom. The van der Waals surface area contributed by atoms with E-state index in [0.29, 0.717) is 13.2 Å². The van der Waals surface area contributed by atoms with Crippen molar-refractivity contribution in [2.24, 2.45) is 0 Å². The lowest BCUT2D eigenvalue weighted by molar-refractivity contribution is 0.171. The lowest BCUT2D eigenvalue weighted by Gasteiger charge is -2.22. The molecular formula is C17H16Br2O2. The first-order valence-electron chi connectivity index (χ1n) is 7.01. The van der Waals surface area contributed by atoms with Gasteiger partial charge in [-0.15, -0.1) is 0 Å². The number of rotatable bonds is 3. The molecule has 2 aromatic rings. The number of aryl methyl sites for hydroxylation is 1. The van der Waals surface area contributed by atoms with Gasteiger partial charge in [-0.25, -0.2) is 0 Å². The van der Waals surface area contributed by atoms with Crippen LogP contribution in [0.5, 0.6) is 11.5 Å². The minimum atomic E-state index is 0.124. The van der Waals surface area contributed by atoms with Crippen molar-refractivity contribution >= 4 is 31.9 Å². The van der Waals surface area contributed by atoms with Gasteiger partial charge in [-0.3, -0.25) is 0 Å². The summed E-state index contributed by atoms with van der Waals surface area (Å²) in [4.78, 5) is 0.124. The minimum absolute atomic E-state index is 0.124. The van der Waals surface area contributed by atoms with Gasteiger partial charge in [-0.1, -0.05) is 63.0 Å². The molecular weight excluding hydrogens is 396 g/mol. The third kappa shape index (κ3) is 2.97. The fraction of sp³-hybridized carbons (Fsp3) is 0.294. The summed E-state index contributed by atoms with van der Waals surface area (Å²) < 4.78 is 12.3. The molecule has 110 valence electrons. The third-order valence-corrected chi connectivity index (χ3v) is 5.32. The second kappa shape index (κ2) is 6.41. The highest BCUT2D eigenvalue weighted by Gasteiger charge is 2.21. The maximum absolute atomic E-state index is 5.70. The normalized spacial score (nSPS) is 14.8. The number of fused-ring (bicyclic) bond motifs is 1. The Hall–Kier alpha value is -1.00. The Kier molecular flexibility index (Phi) is 4.55. The van der Waals surface area contributed by atoms with Gasteiger partial charge >= 0.3 is 0 Å². The molecule has 3 rings (SSSR count). The van der Waals surface area contributed by atoms with E-state index >= 15 is 0 Å². The van der Waals surface area contributed by atoms with E-state index in [1.165, 1.54) is 11.1 Å². The van der Waals surface area contributed by atoms with E-state index < -0.39 is 0 Å². The van der Waals surface area contributed by atoms with Crippen LogP contribution in [0.1, 0.15) is 28.4 Å². The Bertz CT molecular complexity index is 655. The van der Waals surface area contributed by atoms with Crippen molar-refractivity contribution < 1.29 is 9.47 Å². The number of hydrogen-bond donors (Lipinski definition) is 0. The van der Waals surface area contributed by atoms with Crippen molar-refractivity contribution in [1.82, 2.24) is 0 Å². The third-order valence-electron chi connectivity index (χ3n) is 3.64. The average Bonchev–Trinajstić information content (AvgIpc) is 2.53. The maximum atomic E-state index is 5.70. The Morgan fingerprint density at radius 1 is 1.05 bits per heavy atom. The minimum Gasteiger partial charge on any atom is -0.486 e. The first kappa shape index (κ1) is 14.9. The number of alkyl halides is 1. The lowest BCUT2D eigenvalue weighted by atomic mass is 9.98. The van der Waals surface area contributed by atoms with Gasteiger partial charge in [0.15, 0.2) is 11.5 Å². The number of benzene rings is 2. The van der Waals surface area contributed by atoms with Crippen LogP contribution in [0.25, 0.3) is 0 Å². The number of hydrogen-bond acceptors (Lipinski definition) is 2. The van der Waals surface area contributed by atoms with Crippen molar-refractivity contribution in [2.75, 3.05) is 13.2 Å². The fourth-order valence-corrected chi connectivity index (χ4v) is 4.23. The van der Waals surface area contributed by atoms with Gasteiger partial charge in [0.2, 0.25) is 0 Å². The largest absolute Gasteiger partial charge is 0.486 e. The number of halogens is 2. The summed E-state index contributed by atoms with van der Waals surface area (Å²) in [6, 6.07) is 12.6. The molecule has 0 saturated heterocycles. The monoisotopic (exact) mass is 410 g/mol. The van der Waals surface area contributed by atoms with Gasteiger partial charge in [0.25, 0.3) is 0 Å². The summed E-state index contributed by atoms with van der Waals surface area (Å²) >= 11 is 7.49. The van der Waals surface area contributed by atoms with Gasteiger partial charge in [0, 0.05) is 4.47 Å². The molecule has 0 spiro atoms. The van der Waals surface area contributed by atoms with Gasteiger partial charge in [0.05, 0.1) is 4.83 Å². The van der Waals surface area contributed by atoms with Crippen LogP contribution in [0.4, 0.5) is 0 Å². The molecule has 0 aromatic heterocycles. The molecule has 21 heavy (non-hydrogen) atoms. The van der Waals surface area contributed by atoms with Crippen molar-refractivity contribution in [1.29, 1.82) is 0 Å². The van der Waals surface area contributed by atoms with Crippen LogP contribution in [0, 0.1) is 0 Å². The second-order valence-electron chi connectivity index (χ2n) is 4.93. The van der Waals surface area contributed by atoms with Crippen LogP contribution in [0.3, 0.4) is 0 Å². The van der Waals surface area contributed by atoms with Crippen LogP contribution >= 0.6 is 31.9 Å². The molecule has 1 aliphatic rings. The molecule has 0 radical (unpaired) electrons. The van der Waals surface area contributed by atoms with Gasteiger partial charge in [-0.2, -0.15) is 0 Å². The van der Waals surface area contributed by atoms with E-state index in [1.807, 2.05) is 6.07 Å². The Morgan fingerprint density at radius 2 is 1.71 bits per heavy atom. The predicted octanol–water partition coefficient (Wildman–Crippen LogP) is 5.27. The predicted molar refractivity (Wildman–Crippen MR) is 91.7 cm³/mol. The van der Waals surface area contributed by atoms with Crippen LogP contribution < -0.4 is 9.47 Å². The molecule has 1 aliphatic heterocycles. The van der Waals surface area contributed by atoms with Crippen LogP contribution in [-0.2, 0) is 6.42 Å². The van der Waals surface area contributed by atoms with E-state index in [4.69, 9.17) is 9.47 Å². The summed E-state index contributed by atoms with van der Waals surface area (Å²) in [5, 5.41) is 0. The maximum Gasteiger partial charge on any atom is 0.162 e. The topological polar surface area (TPSA) is 18.5 Å². The molecule has 2 aromatic carbocycles. The highest BCUT2D eigenvalue weighted by molar-refractivity contribution is 9.11. The molecule has 0 bridgehead atoms. The Balaban J connectivity index is 2.03. The standard InChI is InChI=1S/C17H16Br2O2/c1-2-11-5-3-4-6-12(11)17(19)13-9-15-16(10-14(13)18)21-8-7-20-15/h3-6,9-10,17H,2,7-8H2,1H3. The Labute approximate surface area is 141 Å². The molecule has 1 heterocycles. The molecule has 0 saturated carbocycles. The highest BCUT2D eigenvalue weighted by Crippen LogP contribution is 2.43. The van der Waals surface area contributed by atoms with E-state index in [0.717, 1.165) is 28.0 Å². The molecule has 1 atom stereocenters. The smallest absolute Gasteiger partial charge is 0.162 e. The SMILES string of the molecule is CCc1ccccc1C(Br)c1cc2c(cc1Br)OCCO2. The van der Waals surface area contributed by atoms with Crippen molar-refractivity contribution in [3.05, 3.63) is 57.6 Å². The zero-order chi connectivity index (χ0) is 14.8. The molecule has 0 aliphatic carbocycles. The van der Waals surface area contributed by atoms with Crippen LogP contribution in [-0.4, -0.2) is 13.2 Å². The van der Waals surface area contributed by atoms with E-state index in [9.17, 15) is 0 Å². The van der Waals surface area contributed by atoms with Crippen molar-refractivity contribution in [3.8, 4) is 11.5 Å².